The molecular weight excluding hydrogens is 335 g/mol. The van der Waals surface area contributed by atoms with Crippen molar-refractivity contribution >= 4 is 58.3 Å². The smallest absolute Gasteiger partial charge is 2.00 e. The Kier molecular flexibility index (Phi) is 44.5. The third kappa shape index (κ3) is 584. The van der Waals surface area contributed by atoms with Crippen molar-refractivity contribution in [1.29, 1.82) is 0 Å². The molecule has 0 saturated carbocycles. The first-order valence-corrected chi connectivity index (χ1v) is 10.4. The van der Waals surface area contributed by atoms with E-state index in [1.165, 1.54) is 0 Å². The van der Waals surface area contributed by atoms with Crippen LogP contribution in [0.25, 0.3) is 0 Å². The SMILES string of the molecule is NC(=S)[S-].NC(=S)[S-].[CH3][Zn][CH3].[Zn+2]. The van der Waals surface area contributed by atoms with Gasteiger partial charge in [0.15, 0.2) is 0 Å². The van der Waals surface area contributed by atoms with Crippen LogP contribution in [-0.2, 0) is 61.9 Å². The van der Waals surface area contributed by atoms with Crippen LogP contribution in [0.3, 0.4) is 0 Å². The summed E-state index contributed by atoms with van der Waals surface area (Å²) in [6.07, 6.45) is 0. The van der Waals surface area contributed by atoms with Gasteiger partial charge < -0.3 is 61.2 Å². The standard InChI is InChI=1S/2CH3NS2.2CH3.2Zn/c2*2-1(3)4;;;;/h2*(H3,2,3,4);2*1H3;;/q;;;;;+2/p-2. The molecule has 0 aliphatic carbocycles. The first-order chi connectivity index (χ1) is 4.88. The van der Waals surface area contributed by atoms with Crippen LogP contribution in [0.2, 0.25) is 11.0 Å². The van der Waals surface area contributed by atoms with E-state index in [1.54, 1.807) is 0 Å². The zero-order chi connectivity index (χ0) is 9.86. The Labute approximate surface area is 116 Å². The monoisotopic (exact) mass is 342 g/mol. The van der Waals surface area contributed by atoms with Gasteiger partial charge in [-0.25, -0.2) is 0 Å². The molecule has 2 nitrogen and oxygen atoms in total. The second-order valence-electron chi connectivity index (χ2n) is 1.35. The molecule has 0 bridgehead atoms. The number of hydrogen-bond donors (Lipinski definition) is 2. The van der Waals surface area contributed by atoms with Crippen LogP contribution < -0.4 is 11.5 Å². The second-order valence-corrected chi connectivity index (χ2v) is 6.59. The van der Waals surface area contributed by atoms with Crippen molar-refractivity contribution in [3.8, 4) is 0 Å². The van der Waals surface area contributed by atoms with Crippen molar-refractivity contribution in [2.75, 3.05) is 0 Å². The maximum Gasteiger partial charge on any atom is 2.00 e. The van der Waals surface area contributed by atoms with Crippen molar-refractivity contribution in [2.24, 2.45) is 11.5 Å². The van der Waals surface area contributed by atoms with Gasteiger partial charge in [-0.3, -0.25) is 0 Å². The number of hydrogen-bond acceptors (Lipinski definition) is 4. The topological polar surface area (TPSA) is 52.0 Å². The molecule has 0 aliphatic heterocycles. The fourth-order valence-corrected chi connectivity index (χ4v) is 0. The van der Waals surface area contributed by atoms with Gasteiger partial charge in [0.25, 0.3) is 0 Å². The van der Waals surface area contributed by atoms with Gasteiger partial charge in [0, 0.05) is 0 Å². The van der Waals surface area contributed by atoms with E-state index in [-0.39, 0.29) is 45.2 Å². The molecule has 8 heteroatoms. The van der Waals surface area contributed by atoms with Crippen molar-refractivity contribution in [3.63, 3.8) is 0 Å². The molecule has 0 aromatic rings. The van der Waals surface area contributed by atoms with Gasteiger partial charge in [0.05, 0.1) is 0 Å². The fraction of sp³-hybridized carbons (Fsp3) is 0.500. The number of thiocarbonyl (C=S) groups is 2. The van der Waals surface area contributed by atoms with Gasteiger partial charge in [-0.15, -0.1) is 0 Å². The van der Waals surface area contributed by atoms with Gasteiger partial charge in [-0.1, -0.05) is 8.64 Å². The molecule has 0 amide bonds. The maximum atomic E-state index is 4.66. The summed E-state index contributed by atoms with van der Waals surface area (Å²) in [5.41, 5.74) is 13.9. The van der Waals surface area contributed by atoms with Gasteiger partial charge in [-0.05, 0) is 0 Å². The Balaban J connectivity index is -0.0000000389. The Morgan fingerprint density at radius 3 is 1.08 bits per heavy atom. The average Bonchev–Trinajstić information content (AvgIpc) is 1.60. The molecule has 0 unspecified atom stereocenters. The summed E-state index contributed by atoms with van der Waals surface area (Å²) in [5.74, 6) is 0. The quantitative estimate of drug-likeness (QED) is 0.383. The molecule has 0 aromatic heterocycles. The first-order valence-electron chi connectivity index (χ1n) is 2.81. The minimum Gasteiger partial charge on any atom is 2.00 e. The van der Waals surface area contributed by atoms with Gasteiger partial charge >= 0.3 is 47.6 Å². The van der Waals surface area contributed by atoms with Crippen LogP contribution in [0.5, 0.6) is 0 Å². The average molecular weight is 345 g/mol. The summed E-state index contributed by atoms with van der Waals surface area (Å²) in [6, 6.07) is 0. The predicted octanol–water partition coefficient (Wildman–Crippen LogP) is 0.716. The zero-order valence-electron chi connectivity index (χ0n) is 7.20. The summed E-state index contributed by atoms with van der Waals surface area (Å²) in [6.45, 7) is 0. The molecule has 0 saturated heterocycles. The van der Waals surface area contributed by atoms with E-state index in [4.69, 9.17) is 0 Å². The van der Waals surface area contributed by atoms with E-state index in [0.29, 0.717) is 0 Å². The third-order valence-electron chi connectivity index (χ3n) is 0. The van der Waals surface area contributed by atoms with Crippen molar-refractivity contribution in [3.05, 3.63) is 0 Å². The summed E-state index contributed by atoms with van der Waals surface area (Å²) >= 11 is 16.6. The largest absolute Gasteiger partial charge is 2.00 e. The molecule has 0 aromatic carbocycles. The van der Waals surface area contributed by atoms with E-state index in [9.17, 15) is 0 Å². The van der Waals surface area contributed by atoms with Crippen molar-refractivity contribution < 1.29 is 36.6 Å². The molecule has 0 fully saturated rings. The Bertz CT molecular complexity index is 91.2. The Morgan fingerprint density at radius 1 is 1.08 bits per heavy atom. The third-order valence-corrected chi connectivity index (χ3v) is 0. The van der Waals surface area contributed by atoms with Crippen LogP contribution in [0.1, 0.15) is 0 Å². The molecule has 64 valence electrons. The van der Waals surface area contributed by atoms with E-state index >= 15 is 0 Å². The maximum absolute atomic E-state index is 4.66. The minimum atomic E-state index is 0. The summed E-state index contributed by atoms with van der Waals surface area (Å²) < 4.78 is 0.167. The van der Waals surface area contributed by atoms with Crippen LogP contribution in [-0.4, -0.2) is 8.64 Å². The summed E-state index contributed by atoms with van der Waals surface area (Å²) in [4.78, 5) is 0. The van der Waals surface area contributed by atoms with E-state index < -0.39 is 0 Å². The van der Waals surface area contributed by atoms with Crippen molar-refractivity contribution in [2.45, 2.75) is 11.0 Å². The summed E-state index contributed by atoms with van der Waals surface area (Å²) in [5, 5.41) is 0. The second kappa shape index (κ2) is 22.9. The molecule has 4 N–H and O–H groups in total. The van der Waals surface area contributed by atoms with Crippen LogP contribution in [0.15, 0.2) is 0 Å². The number of nitrogens with two attached hydrogens (primary N) is 2. The van der Waals surface area contributed by atoms with Crippen LogP contribution in [0.4, 0.5) is 0 Å². The zero-order valence-corrected chi connectivity index (χ0v) is 16.4. The molecule has 0 spiro atoms. The van der Waals surface area contributed by atoms with E-state index in [2.05, 4.69) is 72.2 Å². The van der Waals surface area contributed by atoms with Gasteiger partial charge in [-0.2, -0.15) is 0 Å². The van der Waals surface area contributed by atoms with E-state index in [1.807, 2.05) is 0 Å². The molecular formula is C4H10N2S4Zn2. The van der Waals surface area contributed by atoms with Crippen LogP contribution >= 0.6 is 24.4 Å². The molecule has 0 aliphatic rings. The van der Waals surface area contributed by atoms with Gasteiger partial charge in [0.1, 0.15) is 0 Å². The summed E-state index contributed by atoms with van der Waals surface area (Å²) in [7, 11) is 0. The molecule has 0 heterocycles. The van der Waals surface area contributed by atoms with Gasteiger partial charge in [0.2, 0.25) is 0 Å². The molecule has 0 rings (SSSR count). The molecule has 12 heavy (non-hydrogen) atoms. The first kappa shape index (κ1) is 23.4. The Hall–Kier alpha value is 1.47. The fourth-order valence-electron chi connectivity index (χ4n) is 0. The van der Waals surface area contributed by atoms with Crippen LogP contribution in [0, 0.1) is 0 Å². The minimum absolute atomic E-state index is 0. The molecule has 0 radical (unpaired) electrons. The van der Waals surface area contributed by atoms with E-state index in [0.717, 1.165) is 0 Å². The predicted molar refractivity (Wildman–Crippen MR) is 60.0 cm³/mol. The normalized spacial score (nSPS) is 4.83. The molecule has 0 atom stereocenters. The number of rotatable bonds is 0. The Morgan fingerprint density at radius 2 is 1.08 bits per heavy atom. The van der Waals surface area contributed by atoms with Crippen molar-refractivity contribution in [1.82, 2.24) is 0 Å².